The minimum Gasteiger partial charge on any atom is -0.306 e. The number of benzene rings is 2. The van der Waals surface area contributed by atoms with Gasteiger partial charge in [-0.2, -0.15) is 9.78 Å². The summed E-state index contributed by atoms with van der Waals surface area (Å²) in [4.78, 5) is 17.6. The fourth-order valence-electron chi connectivity index (χ4n) is 3.44. The van der Waals surface area contributed by atoms with Gasteiger partial charge in [-0.3, -0.25) is 4.79 Å². The molecule has 0 saturated carbocycles. The third-order valence-corrected chi connectivity index (χ3v) is 5.68. The molecule has 6 heteroatoms. The van der Waals surface area contributed by atoms with Gasteiger partial charge >= 0.3 is 0 Å². The molecule has 2 heterocycles. The second-order valence-corrected chi connectivity index (χ2v) is 8.29. The number of hydrogen-bond donors (Lipinski definition) is 1. The molecule has 1 amide bonds. The summed E-state index contributed by atoms with van der Waals surface area (Å²) in [6, 6.07) is 11.9. The van der Waals surface area contributed by atoms with Crippen LogP contribution in [0, 0.1) is 34.6 Å². The predicted molar refractivity (Wildman–Crippen MR) is 115 cm³/mol. The van der Waals surface area contributed by atoms with Gasteiger partial charge in [0, 0.05) is 11.6 Å². The van der Waals surface area contributed by atoms with Crippen molar-refractivity contribution in [2.75, 3.05) is 5.32 Å². The average Bonchev–Trinajstić information content (AvgIpc) is 3.18. The Kier molecular flexibility index (Phi) is 4.51. The normalized spacial score (nSPS) is 11.2. The third-order valence-electron chi connectivity index (χ3n) is 4.70. The van der Waals surface area contributed by atoms with Gasteiger partial charge in [0.2, 0.25) is 5.13 Å². The number of carbonyl (C=O) groups is 1. The number of nitrogens with one attached hydrogen (secondary N) is 1. The summed E-state index contributed by atoms with van der Waals surface area (Å²) < 4.78 is 2.84. The number of rotatable bonds is 3. The molecule has 0 bridgehead atoms. The monoisotopic (exact) mass is 390 g/mol. The van der Waals surface area contributed by atoms with Gasteiger partial charge in [-0.15, -0.1) is 0 Å². The fraction of sp³-hybridized carbons (Fsp3) is 0.227. The van der Waals surface area contributed by atoms with Crippen LogP contribution in [0.5, 0.6) is 0 Å². The van der Waals surface area contributed by atoms with Crippen LogP contribution in [-0.4, -0.2) is 20.7 Å². The molecule has 0 atom stereocenters. The molecule has 0 aliphatic rings. The lowest BCUT2D eigenvalue weighted by Gasteiger charge is -2.09. The first-order valence-electron chi connectivity index (χ1n) is 9.15. The molecule has 0 spiro atoms. The van der Waals surface area contributed by atoms with Crippen LogP contribution in [0.4, 0.5) is 5.82 Å². The minimum absolute atomic E-state index is 0.146. The van der Waals surface area contributed by atoms with E-state index in [1.807, 2.05) is 45.0 Å². The van der Waals surface area contributed by atoms with Crippen molar-refractivity contribution in [2.45, 2.75) is 34.6 Å². The SMILES string of the molecule is Cc1ccc(C(=O)Nc2cc(C)nn2-c2nc3c(C)cc(C)cc3s2)c(C)c1. The zero-order chi connectivity index (χ0) is 20.0. The Labute approximate surface area is 168 Å². The highest BCUT2D eigenvalue weighted by atomic mass is 32.1. The van der Waals surface area contributed by atoms with Crippen molar-refractivity contribution < 1.29 is 4.79 Å². The van der Waals surface area contributed by atoms with E-state index in [1.54, 1.807) is 16.0 Å². The van der Waals surface area contributed by atoms with Gasteiger partial charge < -0.3 is 5.32 Å². The Bertz CT molecular complexity index is 1220. The lowest BCUT2D eigenvalue weighted by atomic mass is 10.1. The van der Waals surface area contributed by atoms with Crippen molar-refractivity contribution in [3.05, 3.63) is 69.9 Å². The highest BCUT2D eigenvalue weighted by Gasteiger charge is 2.17. The first kappa shape index (κ1) is 18.4. The molecule has 0 unspecified atom stereocenters. The fourth-order valence-corrected chi connectivity index (χ4v) is 4.54. The van der Waals surface area contributed by atoms with Gasteiger partial charge in [-0.25, -0.2) is 4.98 Å². The predicted octanol–water partition coefficient (Wildman–Crippen LogP) is 5.28. The molecule has 5 nitrogen and oxygen atoms in total. The Balaban J connectivity index is 1.73. The Morgan fingerprint density at radius 2 is 1.71 bits per heavy atom. The second kappa shape index (κ2) is 6.87. The number of carbonyl (C=O) groups excluding carboxylic acids is 1. The number of hydrogen-bond acceptors (Lipinski definition) is 4. The molecular weight excluding hydrogens is 368 g/mol. The van der Waals surface area contributed by atoms with Gasteiger partial charge in [-0.1, -0.05) is 35.1 Å². The van der Waals surface area contributed by atoms with E-state index in [2.05, 4.69) is 36.4 Å². The van der Waals surface area contributed by atoms with Crippen molar-refractivity contribution >= 4 is 33.3 Å². The first-order valence-corrected chi connectivity index (χ1v) is 9.97. The standard InChI is InChI=1S/C22H22N4OS/c1-12-6-7-17(14(3)8-12)21(27)23-19-11-16(5)25-26(19)22-24-20-15(4)9-13(2)10-18(20)28-22/h6-11H,1-5H3,(H,23,27). The van der Waals surface area contributed by atoms with E-state index in [0.717, 1.165) is 37.7 Å². The van der Waals surface area contributed by atoms with Gasteiger partial charge in [0.05, 0.1) is 15.9 Å². The average molecular weight is 391 g/mol. The molecular formula is C22H22N4OS. The molecule has 28 heavy (non-hydrogen) atoms. The molecule has 2 aromatic heterocycles. The molecule has 0 saturated heterocycles. The van der Waals surface area contributed by atoms with Crippen molar-refractivity contribution in [3.63, 3.8) is 0 Å². The van der Waals surface area contributed by atoms with Crippen LogP contribution in [0.2, 0.25) is 0 Å². The maximum absolute atomic E-state index is 12.8. The van der Waals surface area contributed by atoms with Gasteiger partial charge in [0.1, 0.15) is 5.82 Å². The second-order valence-electron chi connectivity index (χ2n) is 7.28. The number of nitrogens with zero attached hydrogens (tertiary/aromatic N) is 3. The van der Waals surface area contributed by atoms with Gasteiger partial charge in [0.25, 0.3) is 5.91 Å². The van der Waals surface area contributed by atoms with Crippen molar-refractivity contribution in [3.8, 4) is 5.13 Å². The van der Waals surface area contributed by atoms with Gasteiger partial charge in [-0.05, 0) is 63.4 Å². The molecule has 1 N–H and O–H groups in total. The summed E-state index contributed by atoms with van der Waals surface area (Å²) in [7, 11) is 0. The number of aromatic nitrogens is 3. The van der Waals surface area contributed by atoms with Gasteiger partial charge in [0.15, 0.2) is 0 Å². The molecule has 0 radical (unpaired) electrons. The number of amides is 1. The Morgan fingerprint density at radius 1 is 0.964 bits per heavy atom. The van der Waals surface area contributed by atoms with Crippen LogP contribution in [0.25, 0.3) is 15.3 Å². The summed E-state index contributed by atoms with van der Waals surface area (Å²) in [5, 5.41) is 8.31. The Morgan fingerprint density at radius 3 is 2.46 bits per heavy atom. The zero-order valence-electron chi connectivity index (χ0n) is 16.6. The van der Waals surface area contributed by atoms with Crippen LogP contribution < -0.4 is 5.32 Å². The zero-order valence-corrected chi connectivity index (χ0v) is 17.4. The quantitative estimate of drug-likeness (QED) is 0.518. The van der Waals surface area contributed by atoms with Crippen LogP contribution in [0.15, 0.2) is 36.4 Å². The maximum atomic E-state index is 12.8. The molecule has 0 fully saturated rings. The number of fused-ring (bicyclic) bond motifs is 1. The summed E-state index contributed by atoms with van der Waals surface area (Å²) in [6.07, 6.45) is 0. The van der Waals surface area contributed by atoms with Crippen LogP contribution >= 0.6 is 11.3 Å². The van der Waals surface area contributed by atoms with E-state index in [-0.39, 0.29) is 5.91 Å². The molecule has 142 valence electrons. The van der Waals surface area contributed by atoms with Crippen molar-refractivity contribution in [2.24, 2.45) is 0 Å². The van der Waals surface area contributed by atoms with Crippen molar-refractivity contribution in [1.82, 2.24) is 14.8 Å². The van der Waals surface area contributed by atoms with E-state index >= 15 is 0 Å². The summed E-state index contributed by atoms with van der Waals surface area (Å²) >= 11 is 1.57. The highest BCUT2D eigenvalue weighted by Crippen LogP contribution is 2.30. The van der Waals surface area contributed by atoms with E-state index in [1.165, 1.54) is 5.56 Å². The number of thiazole rings is 1. The van der Waals surface area contributed by atoms with Crippen LogP contribution in [0.1, 0.15) is 38.3 Å². The third kappa shape index (κ3) is 3.31. The minimum atomic E-state index is -0.146. The summed E-state index contributed by atoms with van der Waals surface area (Å²) in [5.74, 6) is 0.475. The smallest absolute Gasteiger partial charge is 0.257 e. The highest BCUT2D eigenvalue weighted by molar-refractivity contribution is 7.20. The van der Waals surface area contributed by atoms with Crippen molar-refractivity contribution in [1.29, 1.82) is 0 Å². The van der Waals surface area contributed by atoms with E-state index in [9.17, 15) is 4.79 Å². The first-order chi connectivity index (χ1) is 13.3. The van der Waals surface area contributed by atoms with E-state index < -0.39 is 0 Å². The largest absolute Gasteiger partial charge is 0.306 e. The summed E-state index contributed by atoms with van der Waals surface area (Å²) in [5.41, 5.74) is 6.89. The maximum Gasteiger partial charge on any atom is 0.257 e. The Hall–Kier alpha value is -2.99. The molecule has 0 aliphatic carbocycles. The molecule has 4 rings (SSSR count). The van der Waals surface area contributed by atoms with E-state index in [0.29, 0.717) is 11.4 Å². The lowest BCUT2D eigenvalue weighted by Crippen LogP contribution is -2.16. The molecule has 2 aromatic carbocycles. The molecule has 0 aliphatic heterocycles. The number of anilines is 1. The van der Waals surface area contributed by atoms with E-state index in [4.69, 9.17) is 4.98 Å². The van der Waals surface area contributed by atoms with Crippen LogP contribution in [0.3, 0.4) is 0 Å². The summed E-state index contributed by atoms with van der Waals surface area (Å²) in [6.45, 7) is 10.0. The molecule has 4 aromatic rings. The van der Waals surface area contributed by atoms with Crippen LogP contribution in [-0.2, 0) is 0 Å². The lowest BCUT2D eigenvalue weighted by molar-refractivity contribution is 0.102. The number of aryl methyl sites for hydroxylation is 5. The topological polar surface area (TPSA) is 59.8 Å².